The molecular formula is C10H9F2NO2. The highest BCUT2D eigenvalue weighted by molar-refractivity contribution is 5.82. The summed E-state index contributed by atoms with van der Waals surface area (Å²) in [6, 6.07) is 2.15. The third-order valence-corrected chi connectivity index (χ3v) is 2.83. The summed E-state index contributed by atoms with van der Waals surface area (Å²) in [4.78, 5) is 10.9. The SMILES string of the molecule is N[C@]1(C(=O)O)CCc2c1ccc(F)c2F. The third-order valence-electron chi connectivity index (χ3n) is 2.83. The van der Waals surface area contributed by atoms with Gasteiger partial charge in [0.1, 0.15) is 5.54 Å². The van der Waals surface area contributed by atoms with Crippen molar-refractivity contribution in [2.45, 2.75) is 18.4 Å². The molecule has 0 bridgehead atoms. The smallest absolute Gasteiger partial charge is 0.328 e. The Kier molecular flexibility index (Phi) is 2.01. The molecule has 2 rings (SSSR count). The largest absolute Gasteiger partial charge is 0.480 e. The van der Waals surface area contributed by atoms with Crippen LogP contribution in [-0.2, 0) is 16.8 Å². The summed E-state index contributed by atoms with van der Waals surface area (Å²) in [7, 11) is 0. The van der Waals surface area contributed by atoms with Crippen LogP contribution in [0.5, 0.6) is 0 Å². The van der Waals surface area contributed by atoms with Gasteiger partial charge in [-0.1, -0.05) is 6.07 Å². The van der Waals surface area contributed by atoms with Gasteiger partial charge in [-0.15, -0.1) is 0 Å². The molecule has 0 saturated carbocycles. The molecule has 0 heterocycles. The number of benzene rings is 1. The van der Waals surface area contributed by atoms with Gasteiger partial charge in [-0.2, -0.15) is 0 Å². The van der Waals surface area contributed by atoms with Gasteiger partial charge in [-0.25, -0.2) is 13.6 Å². The van der Waals surface area contributed by atoms with E-state index in [2.05, 4.69) is 0 Å². The van der Waals surface area contributed by atoms with E-state index in [1.807, 2.05) is 0 Å². The second-order valence-electron chi connectivity index (χ2n) is 3.66. The number of aliphatic carboxylic acids is 1. The first-order valence-corrected chi connectivity index (χ1v) is 4.46. The van der Waals surface area contributed by atoms with Crippen LogP contribution in [0.15, 0.2) is 12.1 Å². The Balaban J connectivity index is 2.63. The molecule has 3 nitrogen and oxygen atoms in total. The monoisotopic (exact) mass is 213 g/mol. The molecule has 0 saturated heterocycles. The van der Waals surface area contributed by atoms with Crippen LogP contribution in [0.1, 0.15) is 17.5 Å². The molecule has 0 aliphatic heterocycles. The number of fused-ring (bicyclic) bond motifs is 1. The van der Waals surface area contributed by atoms with Crippen molar-refractivity contribution in [3.05, 3.63) is 34.9 Å². The summed E-state index contributed by atoms with van der Waals surface area (Å²) in [5, 5.41) is 8.94. The van der Waals surface area contributed by atoms with Gasteiger partial charge in [-0.05, 0) is 30.0 Å². The van der Waals surface area contributed by atoms with Crippen LogP contribution in [0.4, 0.5) is 8.78 Å². The molecule has 0 fully saturated rings. The van der Waals surface area contributed by atoms with Crippen LogP contribution >= 0.6 is 0 Å². The van der Waals surface area contributed by atoms with Gasteiger partial charge in [0.15, 0.2) is 11.6 Å². The Morgan fingerprint density at radius 1 is 1.47 bits per heavy atom. The first-order chi connectivity index (χ1) is 6.97. The van der Waals surface area contributed by atoms with Crippen molar-refractivity contribution in [1.82, 2.24) is 0 Å². The van der Waals surface area contributed by atoms with Crippen molar-refractivity contribution in [2.24, 2.45) is 5.73 Å². The summed E-state index contributed by atoms with van der Waals surface area (Å²) in [5.74, 6) is -3.17. The van der Waals surface area contributed by atoms with Gasteiger partial charge in [0.2, 0.25) is 0 Å². The molecule has 0 radical (unpaired) electrons. The lowest BCUT2D eigenvalue weighted by molar-refractivity contribution is -0.143. The van der Waals surface area contributed by atoms with E-state index < -0.39 is 23.1 Å². The third kappa shape index (κ3) is 1.23. The highest BCUT2D eigenvalue weighted by Gasteiger charge is 2.43. The molecule has 1 aromatic rings. The van der Waals surface area contributed by atoms with Crippen molar-refractivity contribution >= 4 is 5.97 Å². The Hall–Kier alpha value is -1.49. The molecule has 1 aliphatic rings. The molecule has 0 unspecified atom stereocenters. The molecule has 1 aromatic carbocycles. The summed E-state index contributed by atoms with van der Waals surface area (Å²) in [6.45, 7) is 0. The number of rotatable bonds is 1. The van der Waals surface area contributed by atoms with Crippen LogP contribution < -0.4 is 5.73 Å². The van der Waals surface area contributed by atoms with E-state index in [1.54, 1.807) is 0 Å². The van der Waals surface area contributed by atoms with E-state index in [9.17, 15) is 13.6 Å². The number of hydrogen-bond acceptors (Lipinski definition) is 2. The van der Waals surface area contributed by atoms with Gasteiger partial charge in [0, 0.05) is 0 Å². The quantitative estimate of drug-likeness (QED) is 0.735. The second kappa shape index (κ2) is 3.00. The van der Waals surface area contributed by atoms with Gasteiger partial charge >= 0.3 is 5.97 Å². The lowest BCUT2D eigenvalue weighted by Gasteiger charge is -2.19. The number of nitrogens with two attached hydrogens (primary N) is 1. The van der Waals surface area contributed by atoms with Crippen LogP contribution in [-0.4, -0.2) is 11.1 Å². The Labute approximate surface area is 84.5 Å². The van der Waals surface area contributed by atoms with Crippen molar-refractivity contribution in [1.29, 1.82) is 0 Å². The van der Waals surface area contributed by atoms with Crippen molar-refractivity contribution in [3.8, 4) is 0 Å². The number of carbonyl (C=O) groups is 1. The predicted molar refractivity (Wildman–Crippen MR) is 48.2 cm³/mol. The van der Waals surface area contributed by atoms with Crippen LogP contribution in [0, 0.1) is 11.6 Å². The fourth-order valence-electron chi connectivity index (χ4n) is 1.93. The van der Waals surface area contributed by atoms with Crippen LogP contribution in [0.3, 0.4) is 0 Å². The van der Waals surface area contributed by atoms with E-state index in [4.69, 9.17) is 10.8 Å². The zero-order valence-electron chi connectivity index (χ0n) is 7.76. The summed E-state index contributed by atoms with van der Waals surface area (Å²) >= 11 is 0. The molecule has 0 aromatic heterocycles. The minimum absolute atomic E-state index is 0.0832. The van der Waals surface area contributed by atoms with Gasteiger partial charge in [0.05, 0.1) is 0 Å². The molecular weight excluding hydrogens is 204 g/mol. The molecule has 1 atom stereocenters. The number of halogens is 2. The van der Waals surface area contributed by atoms with Gasteiger partial charge in [-0.3, -0.25) is 0 Å². The molecule has 1 aliphatic carbocycles. The van der Waals surface area contributed by atoms with Crippen LogP contribution in [0.2, 0.25) is 0 Å². The fraction of sp³-hybridized carbons (Fsp3) is 0.300. The second-order valence-corrected chi connectivity index (χ2v) is 3.66. The predicted octanol–water partition coefficient (Wildman–Crippen LogP) is 1.15. The number of hydrogen-bond donors (Lipinski definition) is 2. The van der Waals surface area contributed by atoms with E-state index in [1.165, 1.54) is 6.07 Å². The number of carboxylic acid groups (broad SMARTS) is 1. The normalized spacial score (nSPS) is 23.9. The van der Waals surface area contributed by atoms with Crippen molar-refractivity contribution < 1.29 is 18.7 Å². The van der Waals surface area contributed by atoms with Crippen molar-refractivity contribution in [3.63, 3.8) is 0 Å². The molecule has 3 N–H and O–H groups in total. The highest BCUT2D eigenvalue weighted by Crippen LogP contribution is 2.37. The maximum atomic E-state index is 13.3. The molecule has 15 heavy (non-hydrogen) atoms. The molecule has 5 heteroatoms. The van der Waals surface area contributed by atoms with Gasteiger partial charge < -0.3 is 10.8 Å². The minimum Gasteiger partial charge on any atom is -0.480 e. The summed E-state index contributed by atoms with van der Waals surface area (Å²) in [6.07, 6.45) is 0.250. The van der Waals surface area contributed by atoms with E-state index in [0.717, 1.165) is 6.07 Å². The first kappa shape index (κ1) is 10.0. The van der Waals surface area contributed by atoms with Gasteiger partial charge in [0.25, 0.3) is 0 Å². The lowest BCUT2D eigenvalue weighted by atomic mass is 9.93. The molecule has 80 valence electrons. The molecule has 0 spiro atoms. The minimum atomic E-state index is -1.58. The standard InChI is InChI=1S/C10H9F2NO2/c11-7-2-1-6-5(8(7)12)3-4-10(6,13)9(14)15/h1-2H,3-4,13H2,(H,14,15)/t10-/m1/s1. The van der Waals surface area contributed by atoms with E-state index in [0.29, 0.717) is 0 Å². The van der Waals surface area contributed by atoms with E-state index >= 15 is 0 Å². The number of carboxylic acids is 1. The maximum absolute atomic E-state index is 13.3. The Morgan fingerprint density at radius 2 is 2.13 bits per heavy atom. The summed E-state index contributed by atoms with van der Waals surface area (Å²) in [5.41, 5.74) is 4.32. The zero-order valence-corrected chi connectivity index (χ0v) is 7.76. The Morgan fingerprint density at radius 3 is 2.73 bits per heavy atom. The molecule has 0 amide bonds. The summed E-state index contributed by atoms with van der Waals surface area (Å²) < 4.78 is 26.1. The van der Waals surface area contributed by atoms with Crippen LogP contribution in [0.25, 0.3) is 0 Å². The zero-order chi connectivity index (χ0) is 11.2. The van der Waals surface area contributed by atoms with Crippen molar-refractivity contribution in [2.75, 3.05) is 0 Å². The average molecular weight is 213 g/mol. The topological polar surface area (TPSA) is 63.3 Å². The lowest BCUT2D eigenvalue weighted by Crippen LogP contribution is -2.42. The highest BCUT2D eigenvalue weighted by atomic mass is 19.2. The Bertz CT molecular complexity index is 447. The maximum Gasteiger partial charge on any atom is 0.328 e. The average Bonchev–Trinajstić information content (AvgIpc) is 2.52. The first-order valence-electron chi connectivity index (χ1n) is 4.46. The van der Waals surface area contributed by atoms with E-state index in [-0.39, 0.29) is 24.0 Å². The fourth-order valence-corrected chi connectivity index (χ4v) is 1.93.